The molecule has 0 bridgehead atoms. The van der Waals surface area contributed by atoms with E-state index >= 15 is 0 Å². The average Bonchev–Trinajstić information content (AvgIpc) is 2.46. The maximum atomic E-state index is 11.9. The van der Waals surface area contributed by atoms with Crippen LogP contribution in [-0.2, 0) is 4.79 Å². The highest BCUT2D eigenvalue weighted by Crippen LogP contribution is 2.26. The predicted octanol–water partition coefficient (Wildman–Crippen LogP) is 3.75. The predicted molar refractivity (Wildman–Crippen MR) is 88.5 cm³/mol. The monoisotopic (exact) mass is 348 g/mol. The third-order valence-corrected chi connectivity index (χ3v) is 4.02. The van der Waals surface area contributed by atoms with E-state index in [1.165, 1.54) is 0 Å². The molecule has 0 radical (unpaired) electrons. The molecule has 2 rings (SSSR count). The lowest BCUT2D eigenvalue weighted by molar-refractivity contribution is -0.116. The zero-order valence-corrected chi connectivity index (χ0v) is 13.3. The topological polar surface area (TPSA) is 64.3 Å². The quantitative estimate of drug-likeness (QED) is 0.808. The smallest absolute Gasteiger partial charge is 0.227 e. The van der Waals surface area contributed by atoms with E-state index in [1.807, 2.05) is 37.3 Å². The summed E-state index contributed by atoms with van der Waals surface area (Å²) < 4.78 is 6.40. The van der Waals surface area contributed by atoms with Crippen LogP contribution in [0.5, 0.6) is 5.75 Å². The highest BCUT2D eigenvalue weighted by atomic mass is 79.9. The number of amides is 1. The Hall–Kier alpha value is -2.01. The van der Waals surface area contributed by atoms with Gasteiger partial charge in [0.05, 0.1) is 24.4 Å². The molecule has 0 saturated carbocycles. The van der Waals surface area contributed by atoms with Crippen molar-refractivity contribution in [2.75, 3.05) is 17.7 Å². The Morgan fingerprint density at radius 2 is 2.00 bits per heavy atom. The Morgan fingerprint density at radius 3 is 2.76 bits per heavy atom. The van der Waals surface area contributed by atoms with Gasteiger partial charge in [-0.1, -0.05) is 24.3 Å². The number of halogens is 1. The first-order valence-corrected chi connectivity index (χ1v) is 7.39. The minimum Gasteiger partial charge on any atom is -0.491 e. The number of nitrogen functional groups attached to an aromatic ring is 1. The Morgan fingerprint density at radius 1 is 1.24 bits per heavy atom. The summed E-state index contributed by atoms with van der Waals surface area (Å²) in [5.74, 6) is 0.498. The van der Waals surface area contributed by atoms with Crippen LogP contribution in [0.25, 0.3) is 0 Å². The molecular formula is C16H17BrN2O2. The van der Waals surface area contributed by atoms with Crippen LogP contribution in [-0.4, -0.2) is 12.5 Å². The molecule has 0 aromatic heterocycles. The average molecular weight is 349 g/mol. The molecule has 1 amide bonds. The first kappa shape index (κ1) is 15.4. The molecule has 0 heterocycles. The molecule has 5 heteroatoms. The molecule has 0 spiro atoms. The fourth-order valence-electron chi connectivity index (χ4n) is 1.82. The van der Waals surface area contributed by atoms with Crippen molar-refractivity contribution in [3.63, 3.8) is 0 Å². The molecule has 0 aliphatic carbocycles. The molecular weight excluding hydrogens is 332 g/mol. The standard InChI is InChI=1S/C16H17BrN2O2/c1-11-5-4-7-13(16(11)17)19-15(20)9-10-21-14-8-3-2-6-12(14)18/h2-8H,9-10,18H2,1H3,(H,19,20). The SMILES string of the molecule is Cc1cccc(NC(=O)CCOc2ccccc2N)c1Br. The van der Waals surface area contributed by atoms with Crippen LogP contribution >= 0.6 is 15.9 Å². The van der Waals surface area contributed by atoms with Crippen LogP contribution in [0, 0.1) is 6.92 Å². The molecule has 2 aromatic rings. The minimum absolute atomic E-state index is 0.101. The number of nitrogens with two attached hydrogens (primary N) is 1. The van der Waals surface area contributed by atoms with E-state index in [9.17, 15) is 4.79 Å². The maximum absolute atomic E-state index is 11.9. The Labute approximate surface area is 132 Å². The van der Waals surface area contributed by atoms with E-state index in [2.05, 4.69) is 21.2 Å². The zero-order chi connectivity index (χ0) is 15.2. The molecule has 0 fully saturated rings. The molecule has 0 aliphatic rings. The molecule has 0 atom stereocenters. The van der Waals surface area contributed by atoms with Gasteiger partial charge in [0.2, 0.25) is 5.91 Å². The van der Waals surface area contributed by atoms with Crippen molar-refractivity contribution in [1.82, 2.24) is 0 Å². The number of carbonyl (C=O) groups is 1. The molecule has 0 aliphatic heterocycles. The number of carbonyl (C=O) groups excluding carboxylic acids is 1. The summed E-state index contributed by atoms with van der Waals surface area (Å²) in [5.41, 5.74) is 8.17. The van der Waals surface area contributed by atoms with E-state index < -0.39 is 0 Å². The van der Waals surface area contributed by atoms with E-state index in [0.717, 1.165) is 15.7 Å². The molecule has 3 N–H and O–H groups in total. The maximum Gasteiger partial charge on any atom is 0.227 e. The Balaban J connectivity index is 1.85. The van der Waals surface area contributed by atoms with E-state index in [1.54, 1.807) is 12.1 Å². The third-order valence-electron chi connectivity index (χ3n) is 2.97. The lowest BCUT2D eigenvalue weighted by Gasteiger charge is -2.10. The summed E-state index contributed by atoms with van der Waals surface area (Å²) in [6, 6.07) is 13.0. The van der Waals surface area contributed by atoms with Gasteiger partial charge in [0.1, 0.15) is 5.75 Å². The lowest BCUT2D eigenvalue weighted by Crippen LogP contribution is -2.15. The summed E-state index contributed by atoms with van der Waals surface area (Å²) in [7, 11) is 0. The van der Waals surface area contributed by atoms with Crippen LogP contribution in [0.1, 0.15) is 12.0 Å². The van der Waals surface area contributed by atoms with Crippen molar-refractivity contribution in [3.8, 4) is 5.75 Å². The molecule has 2 aromatic carbocycles. The second kappa shape index (κ2) is 7.13. The van der Waals surface area contributed by atoms with Gasteiger partial charge in [0, 0.05) is 4.47 Å². The molecule has 4 nitrogen and oxygen atoms in total. The van der Waals surface area contributed by atoms with Gasteiger partial charge in [-0.2, -0.15) is 0 Å². The van der Waals surface area contributed by atoms with Crippen molar-refractivity contribution in [1.29, 1.82) is 0 Å². The van der Waals surface area contributed by atoms with E-state index in [0.29, 0.717) is 11.4 Å². The summed E-state index contributed by atoms with van der Waals surface area (Å²) in [5, 5.41) is 2.85. The van der Waals surface area contributed by atoms with Crippen LogP contribution in [0.4, 0.5) is 11.4 Å². The van der Waals surface area contributed by atoms with Crippen molar-refractivity contribution in [2.45, 2.75) is 13.3 Å². The van der Waals surface area contributed by atoms with Gasteiger partial charge in [-0.15, -0.1) is 0 Å². The van der Waals surface area contributed by atoms with Crippen LogP contribution in [0.3, 0.4) is 0 Å². The summed E-state index contributed by atoms with van der Waals surface area (Å²) >= 11 is 3.46. The van der Waals surface area contributed by atoms with E-state index in [4.69, 9.17) is 10.5 Å². The number of aryl methyl sites for hydroxylation is 1. The second-order valence-corrected chi connectivity index (χ2v) is 5.41. The number of rotatable bonds is 5. The third kappa shape index (κ3) is 4.23. The van der Waals surface area contributed by atoms with Gasteiger partial charge < -0.3 is 15.8 Å². The highest BCUT2D eigenvalue weighted by molar-refractivity contribution is 9.10. The summed E-state index contributed by atoms with van der Waals surface area (Å²) in [6.07, 6.45) is 0.259. The van der Waals surface area contributed by atoms with Gasteiger partial charge in [-0.05, 0) is 46.6 Å². The van der Waals surface area contributed by atoms with Crippen LogP contribution in [0.2, 0.25) is 0 Å². The number of ether oxygens (including phenoxy) is 1. The number of para-hydroxylation sites is 2. The minimum atomic E-state index is -0.101. The van der Waals surface area contributed by atoms with E-state index in [-0.39, 0.29) is 18.9 Å². The van der Waals surface area contributed by atoms with Gasteiger partial charge in [0.25, 0.3) is 0 Å². The van der Waals surface area contributed by atoms with Crippen molar-refractivity contribution in [2.24, 2.45) is 0 Å². The Kier molecular flexibility index (Phi) is 5.22. The lowest BCUT2D eigenvalue weighted by atomic mass is 10.2. The number of hydrogen-bond acceptors (Lipinski definition) is 3. The van der Waals surface area contributed by atoms with Crippen molar-refractivity contribution in [3.05, 3.63) is 52.5 Å². The van der Waals surface area contributed by atoms with Crippen molar-refractivity contribution < 1.29 is 9.53 Å². The number of benzene rings is 2. The van der Waals surface area contributed by atoms with Crippen LogP contribution in [0.15, 0.2) is 46.9 Å². The largest absolute Gasteiger partial charge is 0.491 e. The van der Waals surface area contributed by atoms with Gasteiger partial charge in [-0.3, -0.25) is 4.79 Å². The molecule has 21 heavy (non-hydrogen) atoms. The fourth-order valence-corrected chi connectivity index (χ4v) is 2.19. The molecule has 110 valence electrons. The number of anilines is 2. The molecule has 0 saturated heterocycles. The first-order valence-electron chi connectivity index (χ1n) is 6.60. The summed E-state index contributed by atoms with van der Waals surface area (Å²) in [4.78, 5) is 11.9. The Bertz CT molecular complexity index is 644. The van der Waals surface area contributed by atoms with Crippen molar-refractivity contribution >= 4 is 33.2 Å². The van der Waals surface area contributed by atoms with Gasteiger partial charge in [-0.25, -0.2) is 0 Å². The molecule has 0 unspecified atom stereocenters. The summed E-state index contributed by atoms with van der Waals surface area (Å²) in [6.45, 7) is 2.25. The fraction of sp³-hybridized carbons (Fsp3) is 0.188. The zero-order valence-electron chi connectivity index (χ0n) is 11.7. The van der Waals surface area contributed by atoms with Gasteiger partial charge in [0.15, 0.2) is 0 Å². The highest BCUT2D eigenvalue weighted by Gasteiger charge is 2.07. The number of hydrogen-bond donors (Lipinski definition) is 2. The normalized spacial score (nSPS) is 10.2. The first-order chi connectivity index (χ1) is 10.1. The van der Waals surface area contributed by atoms with Gasteiger partial charge >= 0.3 is 0 Å². The second-order valence-electron chi connectivity index (χ2n) is 4.62. The number of nitrogens with one attached hydrogen (secondary N) is 1. The van der Waals surface area contributed by atoms with Crippen LogP contribution < -0.4 is 15.8 Å².